The van der Waals surface area contributed by atoms with Gasteiger partial charge in [-0.05, 0) is 71.8 Å². The van der Waals surface area contributed by atoms with Gasteiger partial charge in [0.2, 0.25) is 5.78 Å². The summed E-state index contributed by atoms with van der Waals surface area (Å²) in [7, 11) is 0. The van der Waals surface area contributed by atoms with Crippen molar-refractivity contribution in [3.8, 4) is 22.3 Å². The lowest BCUT2D eigenvalue weighted by atomic mass is 10.0. The van der Waals surface area contributed by atoms with Crippen LogP contribution < -0.4 is 0 Å². The Hall–Kier alpha value is -5.29. The zero-order valence-corrected chi connectivity index (χ0v) is 20.3. The Morgan fingerprint density at radius 1 is 0.526 bits per heavy atom. The van der Waals surface area contributed by atoms with Crippen LogP contribution >= 0.6 is 0 Å². The second-order valence-corrected chi connectivity index (χ2v) is 9.26. The van der Waals surface area contributed by atoms with Crippen molar-refractivity contribution in [3.05, 3.63) is 126 Å². The van der Waals surface area contributed by atoms with Gasteiger partial charge in [0.15, 0.2) is 0 Å². The third kappa shape index (κ3) is 3.96. The molecule has 5 heterocycles. The molecule has 5 aromatic rings. The molecule has 2 aliphatic heterocycles. The molecule has 0 fully saturated rings. The SMILES string of the molecule is O=C1C=Cc2cc3ccc([nH]3)c(-c3ccccc3)c3nc(c(-c4ccccc4)c4ccc(cc1n2)[nH]4)C=C3. The van der Waals surface area contributed by atoms with Gasteiger partial charge in [-0.1, -0.05) is 60.7 Å². The second-order valence-electron chi connectivity index (χ2n) is 9.26. The van der Waals surface area contributed by atoms with Crippen LogP contribution in [0.3, 0.4) is 0 Å². The minimum Gasteiger partial charge on any atom is -0.355 e. The average Bonchev–Trinajstić information content (AvgIpc) is 3.71. The van der Waals surface area contributed by atoms with Crippen LogP contribution in [0.15, 0.2) is 103 Å². The topological polar surface area (TPSA) is 74.4 Å². The molecule has 0 amide bonds. The summed E-state index contributed by atoms with van der Waals surface area (Å²) in [6.45, 7) is 0. The van der Waals surface area contributed by atoms with E-state index >= 15 is 0 Å². The maximum atomic E-state index is 12.6. The average molecular weight is 491 g/mol. The van der Waals surface area contributed by atoms with E-state index < -0.39 is 0 Å². The van der Waals surface area contributed by atoms with Crippen LogP contribution in [0.2, 0.25) is 0 Å². The molecule has 3 aromatic heterocycles. The summed E-state index contributed by atoms with van der Waals surface area (Å²) in [6.07, 6.45) is 7.46. The van der Waals surface area contributed by atoms with Crippen LogP contribution in [-0.2, 0) is 0 Å². The summed E-state index contributed by atoms with van der Waals surface area (Å²) in [5, 5.41) is 0. The number of carbonyl (C=O) groups excluding carboxylic acids is 1. The Morgan fingerprint density at radius 2 is 1.08 bits per heavy atom. The van der Waals surface area contributed by atoms with Gasteiger partial charge < -0.3 is 9.97 Å². The Bertz CT molecular complexity index is 1930. The first-order valence-electron chi connectivity index (χ1n) is 12.5. The van der Waals surface area contributed by atoms with E-state index in [2.05, 4.69) is 57.4 Å². The molecule has 5 heteroatoms. The molecule has 2 aliphatic rings. The number of allylic oxidation sites excluding steroid dienone is 1. The molecule has 7 rings (SSSR count). The minimum atomic E-state index is -0.124. The van der Waals surface area contributed by atoms with Gasteiger partial charge in [-0.3, -0.25) is 4.79 Å². The fraction of sp³-hybridized carbons (Fsp3) is 0. The van der Waals surface area contributed by atoms with Crippen LogP contribution in [0, 0.1) is 0 Å². The Kier molecular flexibility index (Phi) is 5.19. The highest BCUT2D eigenvalue weighted by Gasteiger charge is 2.15. The normalized spacial score (nSPS) is 12.6. The number of aromatic amines is 2. The standard InChI is InChI=1S/C33H22N4O/c38-31-18-13-24-19-23-11-14-26(34-23)32(21-7-3-1-4-8-21)28-16-17-29(37-28)33(22-9-5-2-6-10-22)27-15-12-25(35-27)20-30(31)36-24/h1-20,34-35H. The van der Waals surface area contributed by atoms with Crippen LogP contribution in [0.25, 0.3) is 62.5 Å². The number of nitrogens with one attached hydrogen (secondary N) is 2. The van der Waals surface area contributed by atoms with Gasteiger partial charge in [-0.15, -0.1) is 0 Å². The van der Waals surface area contributed by atoms with Crippen LogP contribution in [0.1, 0.15) is 27.6 Å². The number of carbonyl (C=O) groups is 1. The summed E-state index contributed by atoms with van der Waals surface area (Å²) in [4.78, 5) is 29.5. The maximum absolute atomic E-state index is 12.6. The third-order valence-corrected chi connectivity index (χ3v) is 6.74. The quantitative estimate of drug-likeness (QED) is 0.261. The number of benzene rings is 2. The summed E-state index contributed by atoms with van der Waals surface area (Å²) < 4.78 is 0. The van der Waals surface area contributed by atoms with Gasteiger partial charge in [0.1, 0.15) is 5.69 Å². The second kappa shape index (κ2) is 8.98. The number of hydrogen-bond donors (Lipinski definition) is 2. The van der Waals surface area contributed by atoms with Crippen LogP contribution in [0.4, 0.5) is 0 Å². The van der Waals surface area contributed by atoms with Crippen molar-refractivity contribution >= 4 is 46.1 Å². The van der Waals surface area contributed by atoms with Crippen molar-refractivity contribution in [2.45, 2.75) is 0 Å². The summed E-state index contributed by atoms with van der Waals surface area (Å²) >= 11 is 0. The van der Waals surface area contributed by atoms with E-state index in [-0.39, 0.29) is 5.78 Å². The van der Waals surface area contributed by atoms with Gasteiger partial charge >= 0.3 is 0 Å². The molecule has 0 spiro atoms. The first-order valence-corrected chi connectivity index (χ1v) is 12.5. The van der Waals surface area contributed by atoms with E-state index in [0.717, 1.165) is 55.7 Å². The molecular weight excluding hydrogens is 468 g/mol. The molecule has 180 valence electrons. The first-order chi connectivity index (χ1) is 18.7. The van der Waals surface area contributed by atoms with Crippen LogP contribution in [0.5, 0.6) is 0 Å². The molecular formula is C33H22N4O. The molecule has 38 heavy (non-hydrogen) atoms. The lowest BCUT2D eigenvalue weighted by Gasteiger charge is -2.05. The number of rotatable bonds is 2. The number of H-pyrrole nitrogens is 2. The largest absolute Gasteiger partial charge is 0.355 e. The van der Waals surface area contributed by atoms with Gasteiger partial charge in [0.25, 0.3) is 0 Å². The Morgan fingerprint density at radius 3 is 1.66 bits per heavy atom. The summed E-state index contributed by atoms with van der Waals surface area (Å²) in [6, 6.07) is 32.3. The number of ketones is 1. The number of aromatic nitrogens is 4. The van der Waals surface area contributed by atoms with Crippen molar-refractivity contribution in [1.82, 2.24) is 19.9 Å². The molecule has 8 bridgehead atoms. The van der Waals surface area contributed by atoms with E-state index in [9.17, 15) is 4.79 Å². The zero-order chi connectivity index (χ0) is 25.5. The Labute approximate surface area is 218 Å². The van der Waals surface area contributed by atoms with E-state index in [1.165, 1.54) is 0 Å². The molecule has 0 saturated carbocycles. The molecule has 2 aromatic carbocycles. The highest BCUT2D eigenvalue weighted by atomic mass is 16.1. The van der Waals surface area contributed by atoms with E-state index in [4.69, 9.17) is 4.98 Å². The number of hydrogen-bond acceptors (Lipinski definition) is 3. The predicted octanol–water partition coefficient (Wildman–Crippen LogP) is 7.72. The van der Waals surface area contributed by atoms with Gasteiger partial charge in [-0.2, -0.15) is 0 Å². The molecule has 0 aliphatic carbocycles. The van der Waals surface area contributed by atoms with E-state index in [0.29, 0.717) is 11.4 Å². The maximum Gasteiger partial charge on any atom is 0.204 e. The molecule has 0 radical (unpaired) electrons. The van der Waals surface area contributed by atoms with Crippen LogP contribution in [-0.4, -0.2) is 25.7 Å². The summed E-state index contributed by atoms with van der Waals surface area (Å²) in [5.74, 6) is -0.124. The lowest BCUT2D eigenvalue weighted by Crippen LogP contribution is -2.01. The van der Waals surface area contributed by atoms with Crippen molar-refractivity contribution in [2.24, 2.45) is 0 Å². The summed E-state index contributed by atoms with van der Waals surface area (Å²) in [5.41, 5.74) is 10.5. The van der Waals surface area contributed by atoms with Crippen molar-refractivity contribution < 1.29 is 4.79 Å². The number of nitrogens with zero attached hydrogens (tertiary/aromatic N) is 2. The fourth-order valence-electron chi connectivity index (χ4n) is 4.99. The Balaban J connectivity index is 1.65. The molecule has 0 unspecified atom stereocenters. The van der Waals surface area contributed by atoms with Gasteiger partial charge in [0, 0.05) is 33.2 Å². The molecule has 0 saturated heterocycles. The molecule has 0 atom stereocenters. The first kappa shape index (κ1) is 21.9. The highest BCUT2D eigenvalue weighted by molar-refractivity contribution is 6.07. The lowest BCUT2D eigenvalue weighted by molar-refractivity contribution is 0.104. The van der Waals surface area contributed by atoms with E-state index in [1.807, 2.05) is 60.7 Å². The van der Waals surface area contributed by atoms with Gasteiger partial charge in [0.05, 0.1) is 17.1 Å². The number of fused-ring (bicyclic) bond motifs is 8. The van der Waals surface area contributed by atoms with E-state index in [1.54, 1.807) is 18.2 Å². The minimum absolute atomic E-state index is 0.124. The predicted molar refractivity (Wildman–Crippen MR) is 154 cm³/mol. The van der Waals surface area contributed by atoms with Crippen molar-refractivity contribution in [3.63, 3.8) is 0 Å². The van der Waals surface area contributed by atoms with Crippen molar-refractivity contribution in [1.29, 1.82) is 0 Å². The monoisotopic (exact) mass is 490 g/mol. The van der Waals surface area contributed by atoms with Crippen molar-refractivity contribution in [2.75, 3.05) is 0 Å². The third-order valence-electron chi connectivity index (χ3n) is 6.74. The highest BCUT2D eigenvalue weighted by Crippen LogP contribution is 2.34. The smallest absolute Gasteiger partial charge is 0.204 e. The zero-order valence-electron chi connectivity index (χ0n) is 20.3. The molecule has 5 nitrogen and oxygen atoms in total. The molecule has 2 N–H and O–H groups in total. The fourth-order valence-corrected chi connectivity index (χ4v) is 4.99. The van der Waals surface area contributed by atoms with Gasteiger partial charge in [-0.25, -0.2) is 9.97 Å².